The first-order chi connectivity index (χ1) is 10.7. The lowest BCUT2D eigenvalue weighted by Gasteiger charge is -2.14. The molecule has 0 aliphatic carbocycles. The zero-order valence-electron chi connectivity index (χ0n) is 12.5. The zero-order chi connectivity index (χ0) is 15.5. The summed E-state index contributed by atoms with van der Waals surface area (Å²) in [5, 5.41) is 11.8. The van der Waals surface area contributed by atoms with Gasteiger partial charge in [0.15, 0.2) is 5.82 Å². The number of hydrogen-bond donors (Lipinski definition) is 1. The van der Waals surface area contributed by atoms with E-state index in [9.17, 15) is 4.79 Å². The summed E-state index contributed by atoms with van der Waals surface area (Å²) in [6.45, 7) is 4.66. The van der Waals surface area contributed by atoms with Crippen LogP contribution in [-0.4, -0.2) is 25.7 Å². The number of rotatable bonds is 4. The number of nitrogens with zero attached hydrogens (tertiary/aromatic N) is 4. The highest BCUT2D eigenvalue weighted by molar-refractivity contribution is 5.97. The molecule has 1 atom stereocenters. The molecule has 3 rings (SSSR count). The normalized spacial score (nSPS) is 12.3. The Morgan fingerprint density at radius 3 is 3.00 bits per heavy atom. The van der Waals surface area contributed by atoms with Gasteiger partial charge in [-0.1, -0.05) is 18.2 Å². The maximum atomic E-state index is 12.4. The van der Waals surface area contributed by atoms with Gasteiger partial charge in [0.1, 0.15) is 6.33 Å². The van der Waals surface area contributed by atoms with Crippen LogP contribution in [0.2, 0.25) is 0 Å². The second-order valence-corrected chi connectivity index (χ2v) is 5.09. The van der Waals surface area contributed by atoms with Crippen molar-refractivity contribution in [3.05, 3.63) is 54.2 Å². The van der Waals surface area contributed by atoms with Gasteiger partial charge >= 0.3 is 0 Å². The third kappa shape index (κ3) is 2.67. The standard InChI is InChI=1S/C16H17N5O/c1-3-21-10-18-20-15(21)11(2)19-16(22)13-8-12-6-4-5-7-14(12)17-9-13/h4-11H,3H2,1-2H3,(H,19,22)/t11-/m0/s1. The summed E-state index contributed by atoms with van der Waals surface area (Å²) in [4.78, 5) is 16.7. The van der Waals surface area contributed by atoms with Crippen molar-refractivity contribution < 1.29 is 4.79 Å². The van der Waals surface area contributed by atoms with Gasteiger partial charge in [0, 0.05) is 18.1 Å². The Kier molecular flexibility index (Phi) is 3.82. The van der Waals surface area contributed by atoms with E-state index in [4.69, 9.17) is 0 Å². The molecule has 0 aliphatic rings. The summed E-state index contributed by atoms with van der Waals surface area (Å²) in [6.07, 6.45) is 3.25. The first kappa shape index (κ1) is 14.2. The number of para-hydroxylation sites is 1. The van der Waals surface area contributed by atoms with Gasteiger partial charge in [-0.3, -0.25) is 9.78 Å². The number of amides is 1. The van der Waals surface area contributed by atoms with Crippen LogP contribution >= 0.6 is 0 Å². The summed E-state index contributed by atoms with van der Waals surface area (Å²) in [7, 11) is 0. The van der Waals surface area contributed by atoms with E-state index < -0.39 is 0 Å². The first-order valence-electron chi connectivity index (χ1n) is 7.22. The van der Waals surface area contributed by atoms with Crippen LogP contribution in [0.15, 0.2) is 42.9 Å². The van der Waals surface area contributed by atoms with Crippen molar-refractivity contribution in [2.24, 2.45) is 0 Å². The van der Waals surface area contributed by atoms with E-state index >= 15 is 0 Å². The van der Waals surface area contributed by atoms with Crippen molar-refractivity contribution in [2.75, 3.05) is 0 Å². The lowest BCUT2D eigenvalue weighted by molar-refractivity contribution is 0.0937. The molecule has 6 heteroatoms. The molecular formula is C16H17N5O. The van der Waals surface area contributed by atoms with E-state index in [1.165, 1.54) is 0 Å². The number of aryl methyl sites for hydroxylation is 1. The number of carbonyl (C=O) groups excluding carboxylic acids is 1. The van der Waals surface area contributed by atoms with Gasteiger partial charge in [-0.25, -0.2) is 0 Å². The summed E-state index contributed by atoms with van der Waals surface area (Å²) < 4.78 is 1.91. The molecule has 2 heterocycles. The molecule has 3 aromatic rings. The van der Waals surface area contributed by atoms with Gasteiger partial charge in [-0.2, -0.15) is 0 Å². The predicted molar refractivity (Wildman–Crippen MR) is 83.3 cm³/mol. The van der Waals surface area contributed by atoms with Crippen LogP contribution < -0.4 is 5.32 Å². The molecule has 6 nitrogen and oxygen atoms in total. The van der Waals surface area contributed by atoms with Crippen LogP contribution in [0.4, 0.5) is 0 Å². The van der Waals surface area contributed by atoms with Gasteiger partial charge in [-0.15, -0.1) is 10.2 Å². The number of hydrogen-bond acceptors (Lipinski definition) is 4. The molecule has 0 bridgehead atoms. The average Bonchev–Trinajstić information content (AvgIpc) is 3.03. The highest BCUT2D eigenvalue weighted by atomic mass is 16.1. The lowest BCUT2D eigenvalue weighted by atomic mass is 10.1. The van der Waals surface area contributed by atoms with Crippen LogP contribution in [0.3, 0.4) is 0 Å². The van der Waals surface area contributed by atoms with Crippen molar-refractivity contribution in [1.82, 2.24) is 25.1 Å². The second kappa shape index (κ2) is 5.93. The Balaban J connectivity index is 1.80. The van der Waals surface area contributed by atoms with Gasteiger partial charge in [0.25, 0.3) is 5.91 Å². The molecule has 1 amide bonds. The van der Waals surface area contributed by atoms with Gasteiger partial charge < -0.3 is 9.88 Å². The SMILES string of the molecule is CCn1cnnc1[C@H](C)NC(=O)c1cnc2ccccc2c1. The Morgan fingerprint density at radius 2 is 2.18 bits per heavy atom. The fourth-order valence-electron chi connectivity index (χ4n) is 2.38. The van der Waals surface area contributed by atoms with Crippen molar-refractivity contribution in [1.29, 1.82) is 0 Å². The molecular weight excluding hydrogens is 278 g/mol. The number of nitrogens with one attached hydrogen (secondary N) is 1. The highest BCUT2D eigenvalue weighted by Gasteiger charge is 2.16. The van der Waals surface area contributed by atoms with E-state index in [-0.39, 0.29) is 11.9 Å². The first-order valence-corrected chi connectivity index (χ1v) is 7.22. The van der Waals surface area contributed by atoms with Gasteiger partial charge in [0.2, 0.25) is 0 Å². The third-order valence-electron chi connectivity index (χ3n) is 3.57. The van der Waals surface area contributed by atoms with E-state index in [0.717, 1.165) is 23.3 Å². The van der Waals surface area contributed by atoms with Crippen molar-refractivity contribution in [3.63, 3.8) is 0 Å². The average molecular weight is 295 g/mol. The summed E-state index contributed by atoms with van der Waals surface area (Å²) in [5.41, 5.74) is 1.41. The molecule has 0 radical (unpaired) electrons. The Bertz CT molecular complexity index is 811. The maximum absolute atomic E-state index is 12.4. The quantitative estimate of drug-likeness (QED) is 0.802. The predicted octanol–water partition coefficient (Wildman–Crippen LogP) is 2.34. The minimum Gasteiger partial charge on any atom is -0.342 e. The molecule has 0 aliphatic heterocycles. The van der Waals surface area contributed by atoms with E-state index in [1.807, 2.05) is 48.7 Å². The summed E-state index contributed by atoms with van der Waals surface area (Å²) in [5.74, 6) is 0.570. The van der Waals surface area contributed by atoms with Crippen LogP contribution in [-0.2, 0) is 6.54 Å². The zero-order valence-corrected chi connectivity index (χ0v) is 12.5. The molecule has 0 spiro atoms. The minimum absolute atomic E-state index is 0.170. The highest BCUT2D eigenvalue weighted by Crippen LogP contribution is 2.14. The molecule has 0 saturated carbocycles. The monoisotopic (exact) mass is 295 g/mol. The minimum atomic E-state index is -0.221. The largest absolute Gasteiger partial charge is 0.342 e. The topological polar surface area (TPSA) is 72.7 Å². The molecule has 112 valence electrons. The molecule has 2 aromatic heterocycles. The van der Waals surface area contributed by atoms with E-state index in [0.29, 0.717) is 5.56 Å². The van der Waals surface area contributed by atoms with E-state index in [1.54, 1.807) is 12.5 Å². The fourth-order valence-corrected chi connectivity index (χ4v) is 2.38. The van der Waals surface area contributed by atoms with Gasteiger partial charge in [0.05, 0.1) is 17.1 Å². The number of carbonyl (C=O) groups is 1. The van der Waals surface area contributed by atoms with Crippen LogP contribution in [0.5, 0.6) is 0 Å². The number of pyridine rings is 1. The van der Waals surface area contributed by atoms with Crippen LogP contribution in [0.1, 0.15) is 36.1 Å². The Labute approximate surface area is 128 Å². The van der Waals surface area contributed by atoms with Crippen LogP contribution in [0, 0.1) is 0 Å². The van der Waals surface area contributed by atoms with Crippen molar-refractivity contribution in [2.45, 2.75) is 26.4 Å². The fraction of sp³-hybridized carbons (Fsp3) is 0.250. The maximum Gasteiger partial charge on any atom is 0.253 e. The summed E-state index contributed by atoms with van der Waals surface area (Å²) in [6, 6.07) is 9.34. The number of aromatic nitrogens is 4. The molecule has 22 heavy (non-hydrogen) atoms. The lowest BCUT2D eigenvalue weighted by Crippen LogP contribution is -2.28. The van der Waals surface area contributed by atoms with Crippen LogP contribution in [0.25, 0.3) is 10.9 Å². The Hall–Kier alpha value is -2.76. The molecule has 0 unspecified atom stereocenters. The smallest absolute Gasteiger partial charge is 0.253 e. The number of benzene rings is 1. The molecule has 0 saturated heterocycles. The van der Waals surface area contributed by atoms with Crippen molar-refractivity contribution >= 4 is 16.8 Å². The Morgan fingerprint density at radius 1 is 1.36 bits per heavy atom. The number of fused-ring (bicyclic) bond motifs is 1. The summed E-state index contributed by atoms with van der Waals surface area (Å²) >= 11 is 0. The third-order valence-corrected chi connectivity index (χ3v) is 3.57. The molecule has 1 N–H and O–H groups in total. The molecule has 0 fully saturated rings. The van der Waals surface area contributed by atoms with Crippen molar-refractivity contribution in [3.8, 4) is 0 Å². The second-order valence-electron chi connectivity index (χ2n) is 5.09. The van der Waals surface area contributed by atoms with E-state index in [2.05, 4.69) is 20.5 Å². The molecule has 1 aromatic carbocycles. The van der Waals surface area contributed by atoms with Gasteiger partial charge in [-0.05, 0) is 26.0 Å².